The molecule has 5 heteroatoms. The quantitative estimate of drug-likeness (QED) is 0.621. The minimum atomic E-state index is -0.244. The van der Waals surface area contributed by atoms with E-state index in [2.05, 4.69) is 16.8 Å². The average molecular weight is 262 g/mol. The Hall–Kier alpha value is -1.90. The van der Waals surface area contributed by atoms with Crippen molar-refractivity contribution >= 4 is 5.91 Å². The summed E-state index contributed by atoms with van der Waals surface area (Å²) in [5.41, 5.74) is 1.02. The molecule has 0 aliphatic heterocycles. The van der Waals surface area contributed by atoms with Gasteiger partial charge in [0.1, 0.15) is 6.61 Å². The molecule has 1 rings (SSSR count). The van der Waals surface area contributed by atoms with E-state index in [1.807, 2.05) is 0 Å². The van der Waals surface area contributed by atoms with Gasteiger partial charge in [0, 0.05) is 39.7 Å². The van der Waals surface area contributed by atoms with Crippen LogP contribution in [0.2, 0.25) is 0 Å². The molecule has 0 radical (unpaired) electrons. The van der Waals surface area contributed by atoms with Gasteiger partial charge in [0.15, 0.2) is 0 Å². The first-order valence-corrected chi connectivity index (χ1v) is 5.98. The fourth-order valence-electron chi connectivity index (χ4n) is 1.57. The van der Waals surface area contributed by atoms with E-state index in [1.165, 1.54) is 6.20 Å². The monoisotopic (exact) mass is 262 g/mol. The topological polar surface area (TPSA) is 62.7 Å². The van der Waals surface area contributed by atoms with E-state index < -0.39 is 0 Å². The molecule has 102 valence electrons. The van der Waals surface area contributed by atoms with Crippen LogP contribution in [-0.2, 0) is 4.74 Å². The zero-order valence-corrected chi connectivity index (χ0v) is 11.2. The number of ether oxygens (including phenoxy) is 1. The minimum absolute atomic E-state index is 0.110. The summed E-state index contributed by atoms with van der Waals surface area (Å²) in [6.07, 6.45) is 3.86. The van der Waals surface area contributed by atoms with Crippen LogP contribution in [0.3, 0.4) is 0 Å². The second-order valence-corrected chi connectivity index (χ2v) is 3.95. The van der Waals surface area contributed by atoms with Crippen LogP contribution in [0.4, 0.5) is 0 Å². The average Bonchev–Trinajstić information content (AvgIpc) is 2.44. The van der Waals surface area contributed by atoms with E-state index in [-0.39, 0.29) is 12.5 Å². The lowest BCUT2D eigenvalue weighted by Crippen LogP contribution is -2.29. The van der Waals surface area contributed by atoms with Crippen LogP contribution in [-0.4, -0.2) is 54.8 Å². The smallest absolute Gasteiger partial charge is 0.254 e. The van der Waals surface area contributed by atoms with Crippen molar-refractivity contribution in [2.45, 2.75) is 6.42 Å². The summed E-state index contributed by atoms with van der Waals surface area (Å²) >= 11 is 0. The Morgan fingerprint density at radius 1 is 1.58 bits per heavy atom. The molecule has 0 aromatic carbocycles. The predicted octanol–water partition coefficient (Wildman–Crippen LogP) is 0.534. The van der Waals surface area contributed by atoms with Gasteiger partial charge in [0.2, 0.25) is 0 Å². The lowest BCUT2D eigenvalue weighted by atomic mass is 10.1. The molecule has 5 nitrogen and oxygen atoms in total. The summed E-state index contributed by atoms with van der Waals surface area (Å²) in [5.74, 6) is 5.15. The Morgan fingerprint density at radius 2 is 2.37 bits per heavy atom. The molecule has 0 saturated heterocycles. The summed E-state index contributed by atoms with van der Waals surface area (Å²) in [6, 6.07) is 1.64. The molecule has 0 aliphatic carbocycles. The number of aliphatic hydroxyl groups excluding tert-OH is 1. The first kappa shape index (κ1) is 15.2. The molecule has 0 saturated carbocycles. The molecule has 0 unspecified atom stereocenters. The molecular formula is C14H18N2O3. The number of aromatic nitrogens is 1. The molecular weight excluding hydrogens is 244 g/mol. The summed E-state index contributed by atoms with van der Waals surface area (Å²) < 4.78 is 4.96. The van der Waals surface area contributed by atoms with E-state index in [0.29, 0.717) is 24.3 Å². The van der Waals surface area contributed by atoms with E-state index >= 15 is 0 Å². The number of amides is 1. The Labute approximate surface area is 113 Å². The molecule has 1 N–H and O–H groups in total. The lowest BCUT2D eigenvalue weighted by Gasteiger charge is -2.17. The number of carbonyl (C=O) groups excluding carboxylic acids is 1. The third kappa shape index (κ3) is 4.70. The third-order valence-corrected chi connectivity index (χ3v) is 2.54. The Balaban J connectivity index is 2.81. The second kappa shape index (κ2) is 8.25. The van der Waals surface area contributed by atoms with Crippen LogP contribution < -0.4 is 0 Å². The number of hydrogen-bond donors (Lipinski definition) is 1. The van der Waals surface area contributed by atoms with E-state index in [1.54, 1.807) is 31.3 Å². The van der Waals surface area contributed by atoms with E-state index in [0.717, 1.165) is 6.42 Å². The number of carbonyl (C=O) groups is 1. The van der Waals surface area contributed by atoms with Gasteiger partial charge in [-0.05, 0) is 12.5 Å². The van der Waals surface area contributed by atoms with Crippen LogP contribution in [0, 0.1) is 11.8 Å². The van der Waals surface area contributed by atoms with Gasteiger partial charge < -0.3 is 14.7 Å². The highest BCUT2D eigenvalue weighted by Gasteiger charge is 2.14. The Kier molecular flexibility index (Phi) is 6.58. The molecule has 0 fully saturated rings. The molecule has 1 aromatic heterocycles. The van der Waals surface area contributed by atoms with Gasteiger partial charge in [-0.15, -0.1) is 0 Å². The highest BCUT2D eigenvalue weighted by atomic mass is 16.5. The van der Waals surface area contributed by atoms with Gasteiger partial charge in [-0.25, -0.2) is 0 Å². The highest BCUT2D eigenvalue weighted by Crippen LogP contribution is 2.09. The SMILES string of the molecule is COCCCN(C)C(=O)c1ccncc1C#CCO. The molecule has 0 bridgehead atoms. The van der Waals surface area contributed by atoms with Gasteiger partial charge in [0.25, 0.3) is 5.91 Å². The van der Waals surface area contributed by atoms with E-state index in [9.17, 15) is 4.79 Å². The van der Waals surface area contributed by atoms with Crippen LogP contribution >= 0.6 is 0 Å². The maximum Gasteiger partial charge on any atom is 0.254 e. The molecule has 0 aliphatic rings. The van der Waals surface area contributed by atoms with Gasteiger partial charge in [-0.3, -0.25) is 9.78 Å². The van der Waals surface area contributed by atoms with Gasteiger partial charge in [-0.1, -0.05) is 11.8 Å². The maximum absolute atomic E-state index is 12.2. The highest BCUT2D eigenvalue weighted by molar-refractivity contribution is 5.96. The Bertz CT molecular complexity index is 477. The van der Waals surface area contributed by atoms with Crippen molar-refractivity contribution < 1.29 is 14.6 Å². The molecule has 0 spiro atoms. The van der Waals surface area contributed by atoms with Crippen molar-refractivity contribution in [2.24, 2.45) is 0 Å². The Morgan fingerprint density at radius 3 is 3.05 bits per heavy atom. The van der Waals surface area contributed by atoms with Crippen molar-refractivity contribution in [1.29, 1.82) is 0 Å². The van der Waals surface area contributed by atoms with Crippen molar-refractivity contribution in [3.63, 3.8) is 0 Å². The normalized spacial score (nSPS) is 9.63. The summed E-state index contributed by atoms with van der Waals surface area (Å²) in [4.78, 5) is 17.8. The molecule has 1 heterocycles. The third-order valence-electron chi connectivity index (χ3n) is 2.54. The molecule has 19 heavy (non-hydrogen) atoms. The summed E-state index contributed by atoms with van der Waals surface area (Å²) in [7, 11) is 3.37. The number of nitrogens with zero attached hydrogens (tertiary/aromatic N) is 2. The lowest BCUT2D eigenvalue weighted by molar-refractivity contribution is 0.0779. The summed E-state index contributed by atoms with van der Waals surface area (Å²) in [6.45, 7) is 0.985. The maximum atomic E-state index is 12.2. The van der Waals surface area contributed by atoms with Crippen molar-refractivity contribution in [3.8, 4) is 11.8 Å². The zero-order valence-electron chi connectivity index (χ0n) is 11.2. The fourth-order valence-corrected chi connectivity index (χ4v) is 1.57. The largest absolute Gasteiger partial charge is 0.385 e. The predicted molar refractivity (Wildman–Crippen MR) is 71.7 cm³/mol. The van der Waals surface area contributed by atoms with Crippen LogP contribution in [0.1, 0.15) is 22.3 Å². The van der Waals surface area contributed by atoms with E-state index in [4.69, 9.17) is 9.84 Å². The minimum Gasteiger partial charge on any atom is -0.385 e. The number of methoxy groups -OCH3 is 1. The van der Waals surface area contributed by atoms with Gasteiger partial charge in [0.05, 0.1) is 11.1 Å². The van der Waals surface area contributed by atoms with Crippen LogP contribution in [0.15, 0.2) is 18.5 Å². The number of rotatable bonds is 5. The van der Waals surface area contributed by atoms with Gasteiger partial charge >= 0.3 is 0 Å². The fraction of sp³-hybridized carbons (Fsp3) is 0.429. The standard InChI is InChI=1S/C14H18N2O3/c1-16(8-4-10-19-2)14(18)13-6-7-15-11-12(13)5-3-9-17/h6-7,11,17H,4,8-10H2,1-2H3. The number of hydrogen-bond acceptors (Lipinski definition) is 4. The van der Waals surface area contributed by atoms with Crippen molar-refractivity contribution in [2.75, 3.05) is 33.9 Å². The second-order valence-electron chi connectivity index (χ2n) is 3.95. The summed E-state index contributed by atoms with van der Waals surface area (Å²) in [5, 5.41) is 8.71. The van der Waals surface area contributed by atoms with Crippen LogP contribution in [0.25, 0.3) is 0 Å². The van der Waals surface area contributed by atoms with Crippen LogP contribution in [0.5, 0.6) is 0 Å². The van der Waals surface area contributed by atoms with Crippen molar-refractivity contribution in [1.82, 2.24) is 9.88 Å². The number of aliphatic hydroxyl groups is 1. The van der Waals surface area contributed by atoms with Gasteiger partial charge in [-0.2, -0.15) is 0 Å². The first-order valence-electron chi connectivity index (χ1n) is 5.98. The molecule has 1 aromatic rings. The zero-order chi connectivity index (χ0) is 14.1. The van der Waals surface area contributed by atoms with Crippen molar-refractivity contribution in [3.05, 3.63) is 29.6 Å². The first-order chi connectivity index (χ1) is 9.20. The molecule has 1 amide bonds. The number of pyridine rings is 1. The molecule has 0 atom stereocenters.